The number of nitrogens with one attached hydrogen (secondary N) is 1. The van der Waals surface area contributed by atoms with Crippen molar-refractivity contribution in [2.75, 3.05) is 12.4 Å². The molecule has 0 aromatic carbocycles. The molecule has 0 fully saturated rings. The van der Waals surface area contributed by atoms with Crippen LogP contribution in [0.2, 0.25) is 0 Å². The van der Waals surface area contributed by atoms with Crippen molar-refractivity contribution in [3.05, 3.63) is 46.2 Å². The first-order valence-electron chi connectivity index (χ1n) is 6.95. The molecule has 2 heterocycles. The van der Waals surface area contributed by atoms with Crippen LogP contribution in [0.3, 0.4) is 0 Å². The molecule has 0 saturated carbocycles. The number of terminal acetylenes is 1. The van der Waals surface area contributed by atoms with Gasteiger partial charge in [-0.05, 0) is 19.1 Å². The molecule has 0 aliphatic carbocycles. The summed E-state index contributed by atoms with van der Waals surface area (Å²) in [6, 6.07) is 3.39. The van der Waals surface area contributed by atoms with Gasteiger partial charge >= 0.3 is 5.97 Å². The van der Waals surface area contributed by atoms with Crippen molar-refractivity contribution in [3.8, 4) is 12.3 Å². The third-order valence-electron chi connectivity index (χ3n) is 3.20. The normalized spacial score (nSPS) is 11.4. The van der Waals surface area contributed by atoms with Crippen LogP contribution in [-0.2, 0) is 9.53 Å². The number of pyridine rings is 1. The Hall–Kier alpha value is -3.34. The molecule has 0 unspecified atom stereocenters. The molecule has 2 aromatic heterocycles. The van der Waals surface area contributed by atoms with Gasteiger partial charge in [0.25, 0.3) is 11.5 Å². The van der Waals surface area contributed by atoms with Crippen molar-refractivity contribution in [3.63, 3.8) is 0 Å². The summed E-state index contributed by atoms with van der Waals surface area (Å²) in [4.78, 5) is 36.4. The standard InChI is InChI=1S/C16H15N3O5/c1-4-6-13(16(22)23-3)19-8-5-7-11(15(19)21)17-14(20)12-9-10(2)24-18-12/h1,5,7-9,13H,6H2,2-3H3,(H,17,20)/t13-/m0/s1. The first-order chi connectivity index (χ1) is 11.5. The highest BCUT2D eigenvalue weighted by Gasteiger charge is 2.23. The lowest BCUT2D eigenvalue weighted by atomic mass is 10.2. The molecule has 24 heavy (non-hydrogen) atoms. The summed E-state index contributed by atoms with van der Waals surface area (Å²) in [5, 5.41) is 6.01. The number of rotatable bonds is 5. The smallest absolute Gasteiger partial charge is 0.329 e. The zero-order chi connectivity index (χ0) is 17.7. The third-order valence-corrected chi connectivity index (χ3v) is 3.20. The highest BCUT2D eigenvalue weighted by atomic mass is 16.5. The molecule has 8 nitrogen and oxygen atoms in total. The summed E-state index contributed by atoms with van der Waals surface area (Å²) in [7, 11) is 1.20. The minimum absolute atomic E-state index is 0.0194. The predicted molar refractivity (Wildman–Crippen MR) is 84.4 cm³/mol. The summed E-state index contributed by atoms with van der Waals surface area (Å²) in [6.45, 7) is 1.64. The maximum Gasteiger partial charge on any atom is 0.329 e. The Kier molecular flexibility index (Phi) is 5.16. The van der Waals surface area contributed by atoms with Crippen LogP contribution in [-0.4, -0.2) is 28.7 Å². The Morgan fingerprint density at radius 3 is 2.88 bits per heavy atom. The summed E-state index contributed by atoms with van der Waals surface area (Å²) in [5.41, 5.74) is -0.568. The maximum atomic E-state index is 12.5. The molecule has 2 rings (SSSR count). The van der Waals surface area contributed by atoms with Gasteiger partial charge in [0.2, 0.25) is 0 Å². The number of esters is 1. The third kappa shape index (κ3) is 3.52. The van der Waals surface area contributed by atoms with E-state index in [1.165, 1.54) is 31.5 Å². The van der Waals surface area contributed by atoms with Crippen molar-refractivity contribution < 1.29 is 18.8 Å². The number of nitrogens with zero attached hydrogens (tertiary/aromatic N) is 2. The van der Waals surface area contributed by atoms with Gasteiger partial charge in [-0.15, -0.1) is 12.3 Å². The number of amides is 1. The van der Waals surface area contributed by atoms with E-state index in [4.69, 9.17) is 10.9 Å². The molecule has 0 saturated heterocycles. The minimum Gasteiger partial charge on any atom is -0.467 e. The van der Waals surface area contributed by atoms with E-state index in [9.17, 15) is 14.4 Å². The van der Waals surface area contributed by atoms with E-state index in [2.05, 4.69) is 21.1 Å². The topological polar surface area (TPSA) is 103 Å². The Morgan fingerprint density at radius 1 is 1.54 bits per heavy atom. The van der Waals surface area contributed by atoms with E-state index >= 15 is 0 Å². The number of methoxy groups -OCH3 is 1. The fourth-order valence-corrected chi connectivity index (χ4v) is 2.05. The molecule has 1 amide bonds. The summed E-state index contributed by atoms with van der Waals surface area (Å²) < 4.78 is 10.6. The average Bonchev–Trinajstić information content (AvgIpc) is 3.01. The molecule has 1 atom stereocenters. The minimum atomic E-state index is -0.973. The van der Waals surface area contributed by atoms with Gasteiger partial charge in [-0.2, -0.15) is 0 Å². The summed E-state index contributed by atoms with van der Waals surface area (Å²) in [5.74, 6) is 1.54. The van der Waals surface area contributed by atoms with Crippen molar-refractivity contribution in [2.24, 2.45) is 0 Å². The molecule has 0 spiro atoms. The summed E-state index contributed by atoms with van der Waals surface area (Å²) >= 11 is 0. The van der Waals surface area contributed by atoms with E-state index in [0.717, 1.165) is 4.57 Å². The van der Waals surface area contributed by atoms with Gasteiger partial charge in [-0.3, -0.25) is 14.2 Å². The Balaban J connectivity index is 2.33. The number of aryl methyl sites for hydroxylation is 1. The Bertz CT molecular complexity index is 859. The number of hydrogen-bond acceptors (Lipinski definition) is 6. The SMILES string of the molecule is C#CC[C@@H](C(=O)OC)n1cccc(NC(=O)c2cc(C)on2)c1=O. The van der Waals surface area contributed by atoms with Crippen LogP contribution in [0, 0.1) is 19.3 Å². The summed E-state index contributed by atoms with van der Waals surface area (Å²) in [6.07, 6.45) is 6.62. The molecule has 2 aromatic rings. The van der Waals surface area contributed by atoms with E-state index in [0.29, 0.717) is 5.76 Å². The van der Waals surface area contributed by atoms with E-state index in [1.54, 1.807) is 6.92 Å². The number of anilines is 1. The van der Waals surface area contributed by atoms with E-state index in [-0.39, 0.29) is 17.8 Å². The first-order valence-corrected chi connectivity index (χ1v) is 6.95. The predicted octanol–water partition coefficient (Wildman–Crippen LogP) is 1.13. The molecular weight excluding hydrogens is 314 g/mol. The van der Waals surface area contributed by atoms with Crippen LogP contribution in [0.15, 0.2) is 33.7 Å². The van der Waals surface area contributed by atoms with Crippen molar-refractivity contribution in [1.82, 2.24) is 9.72 Å². The number of carbonyl (C=O) groups is 2. The number of aromatic nitrogens is 2. The van der Waals surface area contributed by atoms with Crippen LogP contribution in [0.25, 0.3) is 0 Å². The fraction of sp³-hybridized carbons (Fsp3) is 0.250. The quantitative estimate of drug-likeness (QED) is 0.651. The number of hydrogen-bond donors (Lipinski definition) is 1. The van der Waals surface area contributed by atoms with Gasteiger partial charge in [-0.1, -0.05) is 5.16 Å². The Labute approximate surface area is 137 Å². The van der Waals surface area contributed by atoms with Gasteiger partial charge < -0.3 is 14.6 Å². The van der Waals surface area contributed by atoms with Gasteiger partial charge in [0, 0.05) is 18.7 Å². The molecule has 124 valence electrons. The first kappa shape index (κ1) is 17.0. The lowest BCUT2D eigenvalue weighted by molar-refractivity contribution is -0.144. The second-order valence-electron chi connectivity index (χ2n) is 4.86. The fourth-order valence-electron chi connectivity index (χ4n) is 2.05. The van der Waals surface area contributed by atoms with Crippen molar-refractivity contribution >= 4 is 17.6 Å². The zero-order valence-corrected chi connectivity index (χ0v) is 13.1. The second-order valence-corrected chi connectivity index (χ2v) is 4.86. The van der Waals surface area contributed by atoms with Crippen LogP contribution < -0.4 is 10.9 Å². The molecule has 0 aliphatic heterocycles. The van der Waals surface area contributed by atoms with Gasteiger partial charge in [0.15, 0.2) is 5.69 Å². The van der Waals surface area contributed by atoms with Crippen LogP contribution >= 0.6 is 0 Å². The maximum absolute atomic E-state index is 12.5. The molecule has 8 heteroatoms. The van der Waals surface area contributed by atoms with Crippen LogP contribution in [0.1, 0.15) is 28.7 Å². The van der Waals surface area contributed by atoms with Crippen LogP contribution in [0.5, 0.6) is 0 Å². The molecule has 0 bridgehead atoms. The molecule has 1 N–H and O–H groups in total. The number of carbonyl (C=O) groups excluding carboxylic acids is 2. The molecule has 0 aliphatic rings. The van der Waals surface area contributed by atoms with E-state index in [1.807, 2.05) is 0 Å². The van der Waals surface area contributed by atoms with Crippen molar-refractivity contribution in [2.45, 2.75) is 19.4 Å². The van der Waals surface area contributed by atoms with Gasteiger partial charge in [-0.25, -0.2) is 4.79 Å². The molecule has 0 radical (unpaired) electrons. The Morgan fingerprint density at radius 2 is 2.29 bits per heavy atom. The zero-order valence-electron chi connectivity index (χ0n) is 13.1. The lowest BCUT2D eigenvalue weighted by Gasteiger charge is -2.16. The van der Waals surface area contributed by atoms with Crippen LogP contribution in [0.4, 0.5) is 5.69 Å². The largest absolute Gasteiger partial charge is 0.467 e. The van der Waals surface area contributed by atoms with Gasteiger partial charge in [0.05, 0.1) is 7.11 Å². The monoisotopic (exact) mass is 329 g/mol. The lowest BCUT2D eigenvalue weighted by Crippen LogP contribution is -2.32. The highest BCUT2D eigenvalue weighted by molar-refractivity contribution is 6.02. The average molecular weight is 329 g/mol. The second kappa shape index (κ2) is 7.28. The highest BCUT2D eigenvalue weighted by Crippen LogP contribution is 2.13. The molecular formula is C16H15N3O5. The van der Waals surface area contributed by atoms with Crippen molar-refractivity contribution in [1.29, 1.82) is 0 Å². The van der Waals surface area contributed by atoms with E-state index < -0.39 is 23.5 Å². The number of ether oxygens (including phenoxy) is 1. The van der Waals surface area contributed by atoms with Gasteiger partial charge in [0.1, 0.15) is 17.5 Å².